The van der Waals surface area contributed by atoms with E-state index in [1.54, 1.807) is 26.0 Å². The number of esters is 1. The Kier molecular flexibility index (Phi) is 5.46. The summed E-state index contributed by atoms with van der Waals surface area (Å²) in [5.74, 6) is 1.74. The van der Waals surface area contributed by atoms with Gasteiger partial charge in [0.1, 0.15) is 0 Å². The summed E-state index contributed by atoms with van der Waals surface area (Å²) in [7, 11) is 0. The van der Waals surface area contributed by atoms with Crippen molar-refractivity contribution in [3.05, 3.63) is 30.2 Å². The molecule has 0 aromatic carbocycles. The number of rotatable bonds is 3. The lowest BCUT2D eigenvalue weighted by Crippen LogP contribution is -2.04. The summed E-state index contributed by atoms with van der Waals surface area (Å²) in [6.45, 7) is 3.79. The van der Waals surface area contributed by atoms with E-state index in [0.717, 1.165) is 0 Å². The highest BCUT2D eigenvalue weighted by Gasteiger charge is 2.01. The van der Waals surface area contributed by atoms with Gasteiger partial charge in [-0.05, 0) is 26.3 Å². The zero-order valence-corrected chi connectivity index (χ0v) is 7.26. The third-order valence-electron chi connectivity index (χ3n) is 1.12. The fourth-order valence-electron chi connectivity index (χ4n) is 0.554. The van der Waals surface area contributed by atoms with Crippen LogP contribution in [0.1, 0.15) is 13.8 Å². The molecule has 0 bridgehead atoms. The SMILES string of the molecule is [C]#C/C=C/C=C(\C)C(=O)OCC. The van der Waals surface area contributed by atoms with Gasteiger partial charge in [0.05, 0.1) is 6.61 Å². The molecule has 2 nitrogen and oxygen atoms in total. The minimum atomic E-state index is -0.327. The topological polar surface area (TPSA) is 26.3 Å². The lowest BCUT2D eigenvalue weighted by atomic mass is 10.3. The maximum absolute atomic E-state index is 10.9. The van der Waals surface area contributed by atoms with Gasteiger partial charge in [-0.15, -0.1) is 0 Å². The molecule has 0 aromatic rings. The first-order valence-electron chi connectivity index (χ1n) is 3.65. The van der Waals surface area contributed by atoms with Crippen LogP contribution in [-0.2, 0) is 9.53 Å². The largest absolute Gasteiger partial charge is 0.463 e. The van der Waals surface area contributed by atoms with Crippen LogP contribution in [0.15, 0.2) is 23.8 Å². The minimum absolute atomic E-state index is 0.327. The Morgan fingerprint density at radius 1 is 1.67 bits per heavy atom. The third-order valence-corrected chi connectivity index (χ3v) is 1.12. The monoisotopic (exact) mass is 163 g/mol. The summed E-state index contributed by atoms with van der Waals surface area (Å²) in [5.41, 5.74) is 0.517. The predicted octanol–water partition coefficient (Wildman–Crippen LogP) is 1.64. The van der Waals surface area contributed by atoms with Crippen LogP contribution in [0.25, 0.3) is 0 Å². The second-order valence-corrected chi connectivity index (χ2v) is 2.07. The molecule has 0 saturated carbocycles. The van der Waals surface area contributed by atoms with Crippen molar-refractivity contribution in [2.45, 2.75) is 13.8 Å². The molecule has 0 fully saturated rings. The molecule has 0 saturated heterocycles. The summed E-state index contributed by atoms with van der Waals surface area (Å²) in [5, 5.41) is 0. The van der Waals surface area contributed by atoms with Gasteiger partial charge in [-0.1, -0.05) is 18.1 Å². The predicted molar refractivity (Wildman–Crippen MR) is 46.7 cm³/mol. The second kappa shape index (κ2) is 6.23. The zero-order chi connectivity index (χ0) is 9.40. The molecule has 0 aliphatic carbocycles. The van der Waals surface area contributed by atoms with Gasteiger partial charge in [0.2, 0.25) is 0 Å². The Morgan fingerprint density at radius 3 is 2.83 bits per heavy atom. The molecule has 0 aliphatic rings. The number of carbonyl (C=O) groups excluding carboxylic acids is 1. The van der Waals surface area contributed by atoms with E-state index in [0.29, 0.717) is 12.2 Å². The van der Waals surface area contributed by atoms with E-state index >= 15 is 0 Å². The van der Waals surface area contributed by atoms with Crippen molar-refractivity contribution in [3.63, 3.8) is 0 Å². The molecular weight excluding hydrogens is 152 g/mol. The third kappa shape index (κ3) is 4.35. The summed E-state index contributed by atoms with van der Waals surface area (Å²) in [6.07, 6.45) is 11.1. The Balaban J connectivity index is 4.10. The standard InChI is InChI=1S/C10H11O2/c1-4-6-7-8-9(3)10(11)12-5-2/h6-8H,5H2,2-3H3/b7-6+,9-8+. The number of hydrogen-bond donors (Lipinski definition) is 0. The highest BCUT2D eigenvalue weighted by atomic mass is 16.5. The van der Waals surface area contributed by atoms with Gasteiger partial charge in [0, 0.05) is 5.57 Å². The number of ether oxygens (including phenoxy) is 1. The first-order valence-corrected chi connectivity index (χ1v) is 3.65. The quantitative estimate of drug-likeness (QED) is 0.273. The normalized spacial score (nSPS) is 11.2. The zero-order valence-electron chi connectivity index (χ0n) is 7.26. The summed E-state index contributed by atoms with van der Waals surface area (Å²) in [4.78, 5) is 10.9. The van der Waals surface area contributed by atoms with Crippen LogP contribution in [0.5, 0.6) is 0 Å². The molecule has 0 heterocycles. The van der Waals surface area contributed by atoms with Crippen LogP contribution in [0.3, 0.4) is 0 Å². The molecule has 63 valence electrons. The van der Waals surface area contributed by atoms with Gasteiger partial charge in [0.15, 0.2) is 0 Å². The minimum Gasteiger partial charge on any atom is -0.463 e. The van der Waals surface area contributed by atoms with E-state index in [1.165, 1.54) is 6.08 Å². The van der Waals surface area contributed by atoms with E-state index in [4.69, 9.17) is 11.2 Å². The van der Waals surface area contributed by atoms with E-state index in [2.05, 4.69) is 5.92 Å². The van der Waals surface area contributed by atoms with Crippen LogP contribution in [0, 0.1) is 12.3 Å². The second-order valence-electron chi connectivity index (χ2n) is 2.07. The fourth-order valence-corrected chi connectivity index (χ4v) is 0.554. The lowest BCUT2D eigenvalue weighted by Gasteiger charge is -1.98. The molecule has 0 aromatic heterocycles. The van der Waals surface area contributed by atoms with Gasteiger partial charge in [-0.3, -0.25) is 0 Å². The Hall–Kier alpha value is -1.49. The van der Waals surface area contributed by atoms with E-state index in [9.17, 15) is 4.79 Å². The van der Waals surface area contributed by atoms with Crippen LogP contribution < -0.4 is 0 Å². The lowest BCUT2D eigenvalue weighted by molar-refractivity contribution is -0.138. The van der Waals surface area contributed by atoms with Crippen molar-refractivity contribution >= 4 is 5.97 Å². The van der Waals surface area contributed by atoms with Crippen molar-refractivity contribution in [1.82, 2.24) is 0 Å². The molecule has 0 aliphatic heterocycles. The van der Waals surface area contributed by atoms with Crippen molar-refractivity contribution in [2.24, 2.45) is 0 Å². The van der Waals surface area contributed by atoms with E-state index in [-0.39, 0.29) is 5.97 Å². The molecule has 1 radical (unpaired) electrons. The summed E-state index contributed by atoms with van der Waals surface area (Å²) >= 11 is 0. The smallest absolute Gasteiger partial charge is 0.333 e. The van der Waals surface area contributed by atoms with Crippen molar-refractivity contribution < 1.29 is 9.53 Å². The van der Waals surface area contributed by atoms with Crippen molar-refractivity contribution in [2.75, 3.05) is 6.61 Å². The van der Waals surface area contributed by atoms with Crippen LogP contribution in [0.2, 0.25) is 0 Å². The maximum Gasteiger partial charge on any atom is 0.333 e. The average molecular weight is 163 g/mol. The van der Waals surface area contributed by atoms with Crippen molar-refractivity contribution in [1.29, 1.82) is 0 Å². The molecule has 2 heteroatoms. The van der Waals surface area contributed by atoms with Crippen LogP contribution >= 0.6 is 0 Å². The number of allylic oxidation sites excluding steroid dienone is 3. The fraction of sp³-hybridized carbons (Fsp3) is 0.300. The van der Waals surface area contributed by atoms with Gasteiger partial charge >= 0.3 is 5.97 Å². The van der Waals surface area contributed by atoms with Crippen LogP contribution in [-0.4, -0.2) is 12.6 Å². The first kappa shape index (κ1) is 10.5. The Labute approximate surface area is 72.9 Å². The van der Waals surface area contributed by atoms with Crippen LogP contribution in [0.4, 0.5) is 0 Å². The molecule has 0 N–H and O–H groups in total. The number of carbonyl (C=O) groups is 1. The van der Waals surface area contributed by atoms with Gasteiger partial charge < -0.3 is 4.74 Å². The molecule has 0 amide bonds. The molecule has 0 rings (SSSR count). The molecule has 0 unspecified atom stereocenters. The average Bonchev–Trinajstić information content (AvgIpc) is 2.05. The summed E-state index contributed by atoms with van der Waals surface area (Å²) < 4.78 is 4.73. The molecular formula is C10H11O2. The van der Waals surface area contributed by atoms with Gasteiger partial charge in [-0.2, -0.15) is 0 Å². The molecule has 0 atom stereocenters. The molecule has 12 heavy (non-hydrogen) atoms. The maximum atomic E-state index is 10.9. The molecule has 0 spiro atoms. The van der Waals surface area contributed by atoms with Gasteiger partial charge in [-0.25, -0.2) is 4.79 Å². The van der Waals surface area contributed by atoms with E-state index < -0.39 is 0 Å². The highest BCUT2D eigenvalue weighted by Crippen LogP contribution is 1.96. The summed E-state index contributed by atoms with van der Waals surface area (Å²) in [6, 6.07) is 0. The highest BCUT2D eigenvalue weighted by molar-refractivity contribution is 5.88. The van der Waals surface area contributed by atoms with Crippen molar-refractivity contribution in [3.8, 4) is 5.92 Å². The van der Waals surface area contributed by atoms with E-state index in [1.807, 2.05) is 0 Å². The first-order chi connectivity index (χ1) is 5.72. The number of hydrogen-bond acceptors (Lipinski definition) is 2. The Morgan fingerprint density at radius 2 is 2.33 bits per heavy atom. The van der Waals surface area contributed by atoms with Gasteiger partial charge in [0.25, 0.3) is 0 Å². The Bertz CT molecular complexity index is 241.